The summed E-state index contributed by atoms with van der Waals surface area (Å²) in [6.45, 7) is 4.76. The molecule has 2 N–H and O–H groups in total. The predicted octanol–water partition coefficient (Wildman–Crippen LogP) is 14.7. The Morgan fingerprint density at radius 3 is 1.13 bits per heavy atom. The molecule has 0 aromatic heterocycles. The van der Waals surface area contributed by atoms with Crippen LogP contribution < -0.4 is 10.2 Å². The SMILES string of the molecule is CCCCCCCCCCCCCCCCCCCCCCCCC(=O)N[C@@H](COP(=O)([O-])OCC[N+](C)(C)C)[C@H](O)CCCCCCCCCCCCCCCCCC. The first-order chi connectivity index (χ1) is 29.0. The summed E-state index contributed by atoms with van der Waals surface area (Å²) in [4.78, 5) is 25.4. The predicted molar refractivity (Wildman–Crippen MR) is 256 cm³/mol. The van der Waals surface area contributed by atoms with Gasteiger partial charge in [0.2, 0.25) is 5.91 Å². The van der Waals surface area contributed by atoms with Gasteiger partial charge in [-0.3, -0.25) is 9.36 Å². The highest BCUT2D eigenvalue weighted by molar-refractivity contribution is 7.45. The molecule has 1 amide bonds. The number of hydrogen-bond acceptors (Lipinski definition) is 6. The molecule has 0 aromatic rings. The highest BCUT2D eigenvalue weighted by atomic mass is 31.2. The van der Waals surface area contributed by atoms with Crippen molar-refractivity contribution in [3.63, 3.8) is 0 Å². The van der Waals surface area contributed by atoms with E-state index in [9.17, 15) is 19.4 Å². The molecule has 0 saturated heterocycles. The van der Waals surface area contributed by atoms with Gasteiger partial charge in [0.15, 0.2) is 0 Å². The molecule has 0 saturated carbocycles. The number of unbranched alkanes of at least 4 members (excludes halogenated alkanes) is 36. The van der Waals surface area contributed by atoms with Crippen LogP contribution in [0.1, 0.15) is 271 Å². The van der Waals surface area contributed by atoms with Crippen LogP contribution in [0.15, 0.2) is 0 Å². The lowest BCUT2D eigenvalue weighted by Gasteiger charge is -2.30. The van der Waals surface area contributed by atoms with Gasteiger partial charge in [-0.2, -0.15) is 0 Å². The van der Waals surface area contributed by atoms with E-state index in [0.29, 0.717) is 23.9 Å². The Morgan fingerprint density at radius 2 is 0.817 bits per heavy atom. The van der Waals surface area contributed by atoms with E-state index in [-0.39, 0.29) is 19.1 Å². The zero-order valence-electron chi connectivity index (χ0n) is 40.9. The van der Waals surface area contributed by atoms with Crippen LogP contribution in [0.5, 0.6) is 0 Å². The monoisotopic (exact) mass is 873 g/mol. The average molecular weight is 873 g/mol. The van der Waals surface area contributed by atoms with Crippen molar-refractivity contribution >= 4 is 13.7 Å². The van der Waals surface area contributed by atoms with Crippen molar-refractivity contribution in [3.8, 4) is 0 Å². The molecule has 0 bridgehead atoms. The smallest absolute Gasteiger partial charge is 0.268 e. The third kappa shape index (κ3) is 45.5. The van der Waals surface area contributed by atoms with E-state index in [1.807, 2.05) is 21.1 Å². The molecule has 0 radical (unpaired) electrons. The Labute approximate surface area is 374 Å². The van der Waals surface area contributed by atoms with Crippen LogP contribution in [0.2, 0.25) is 0 Å². The van der Waals surface area contributed by atoms with Crippen molar-refractivity contribution in [2.24, 2.45) is 0 Å². The number of likely N-dealkylation sites (N-methyl/N-ethyl adjacent to an activating group) is 1. The van der Waals surface area contributed by atoms with Crippen molar-refractivity contribution in [1.29, 1.82) is 0 Å². The summed E-state index contributed by atoms with van der Waals surface area (Å²) < 4.78 is 23.4. The molecule has 0 fully saturated rings. The maximum absolute atomic E-state index is 12.9. The van der Waals surface area contributed by atoms with Crippen LogP contribution in [-0.4, -0.2) is 68.5 Å². The van der Waals surface area contributed by atoms with Crippen molar-refractivity contribution in [3.05, 3.63) is 0 Å². The summed E-state index contributed by atoms with van der Waals surface area (Å²) in [5.41, 5.74) is 0. The number of carbonyl (C=O) groups is 1. The van der Waals surface area contributed by atoms with Gasteiger partial charge in [0.25, 0.3) is 7.82 Å². The maximum Gasteiger partial charge on any atom is 0.268 e. The van der Waals surface area contributed by atoms with Crippen LogP contribution in [0, 0.1) is 0 Å². The fourth-order valence-electron chi connectivity index (χ4n) is 8.16. The van der Waals surface area contributed by atoms with E-state index in [1.165, 1.54) is 205 Å². The second kappa shape index (κ2) is 43.7. The Bertz CT molecular complexity index is 947. The molecule has 0 aliphatic rings. The lowest BCUT2D eigenvalue weighted by Crippen LogP contribution is -2.46. The lowest BCUT2D eigenvalue weighted by molar-refractivity contribution is -0.870. The fraction of sp³-hybridized carbons (Fsp3) is 0.980. The Balaban J connectivity index is 4.17. The molecular formula is C51H105N2O6P. The summed E-state index contributed by atoms with van der Waals surface area (Å²) in [5.74, 6) is -0.158. The van der Waals surface area contributed by atoms with E-state index in [0.717, 1.165) is 38.5 Å². The number of aliphatic hydroxyl groups excluding tert-OH is 1. The number of carbonyl (C=O) groups excluding carboxylic acids is 1. The molecule has 0 aromatic carbocycles. The number of rotatable bonds is 49. The van der Waals surface area contributed by atoms with Crippen LogP contribution in [0.3, 0.4) is 0 Å². The number of nitrogens with zero attached hydrogens (tertiary/aromatic N) is 1. The number of quaternary nitrogens is 1. The summed E-state index contributed by atoms with van der Waals surface area (Å²) in [7, 11) is 1.32. The second-order valence-corrected chi connectivity index (χ2v) is 21.0. The molecule has 0 heterocycles. The largest absolute Gasteiger partial charge is 0.756 e. The molecule has 0 aliphatic heterocycles. The van der Waals surface area contributed by atoms with Gasteiger partial charge in [-0.1, -0.05) is 251 Å². The quantitative estimate of drug-likeness (QED) is 0.0358. The molecule has 60 heavy (non-hydrogen) atoms. The van der Waals surface area contributed by atoms with Gasteiger partial charge in [0, 0.05) is 6.42 Å². The summed E-state index contributed by atoms with van der Waals surface area (Å²) in [6, 6.07) is -0.794. The number of aliphatic hydroxyl groups is 1. The Kier molecular flexibility index (Phi) is 43.4. The van der Waals surface area contributed by atoms with Crippen molar-refractivity contribution in [2.45, 2.75) is 283 Å². The number of nitrogens with one attached hydrogen (secondary N) is 1. The maximum atomic E-state index is 12.9. The van der Waals surface area contributed by atoms with E-state index >= 15 is 0 Å². The number of hydrogen-bond donors (Lipinski definition) is 2. The molecule has 0 rings (SSSR count). The Morgan fingerprint density at radius 1 is 0.517 bits per heavy atom. The number of amides is 1. The third-order valence-corrected chi connectivity index (χ3v) is 13.3. The molecule has 1 unspecified atom stereocenters. The topological polar surface area (TPSA) is 108 Å². The second-order valence-electron chi connectivity index (χ2n) is 19.6. The zero-order valence-corrected chi connectivity index (χ0v) is 41.8. The van der Waals surface area contributed by atoms with Crippen LogP contribution in [-0.2, 0) is 18.4 Å². The number of phosphoric ester groups is 1. The molecule has 3 atom stereocenters. The Hall–Kier alpha value is -0.500. The normalized spacial score (nSPS) is 14.1. The van der Waals surface area contributed by atoms with Crippen molar-refractivity contribution < 1.29 is 32.9 Å². The minimum absolute atomic E-state index is 0.0164. The highest BCUT2D eigenvalue weighted by Gasteiger charge is 2.24. The van der Waals surface area contributed by atoms with Crippen molar-refractivity contribution in [1.82, 2.24) is 5.32 Å². The molecular weight excluding hydrogens is 768 g/mol. The first kappa shape index (κ1) is 59.5. The van der Waals surface area contributed by atoms with Crippen LogP contribution in [0.4, 0.5) is 0 Å². The van der Waals surface area contributed by atoms with Gasteiger partial charge < -0.3 is 28.8 Å². The molecule has 360 valence electrons. The minimum atomic E-state index is -4.56. The third-order valence-electron chi connectivity index (χ3n) is 12.3. The van der Waals surface area contributed by atoms with Crippen LogP contribution in [0.25, 0.3) is 0 Å². The fourth-order valence-corrected chi connectivity index (χ4v) is 8.88. The van der Waals surface area contributed by atoms with E-state index in [1.54, 1.807) is 0 Å². The van der Waals surface area contributed by atoms with Gasteiger partial charge in [-0.05, 0) is 12.8 Å². The summed E-state index contributed by atoms with van der Waals surface area (Å²) >= 11 is 0. The zero-order chi connectivity index (χ0) is 44.3. The average Bonchev–Trinajstić information content (AvgIpc) is 3.20. The van der Waals surface area contributed by atoms with Gasteiger partial charge in [0.1, 0.15) is 13.2 Å². The van der Waals surface area contributed by atoms with Gasteiger partial charge >= 0.3 is 0 Å². The summed E-state index contributed by atoms with van der Waals surface area (Å²) in [5, 5.41) is 14.0. The van der Waals surface area contributed by atoms with Crippen molar-refractivity contribution in [2.75, 3.05) is 40.9 Å². The minimum Gasteiger partial charge on any atom is -0.756 e. The van der Waals surface area contributed by atoms with Gasteiger partial charge in [-0.25, -0.2) is 0 Å². The standard InChI is InChI=1S/C51H105N2O6P/c1-6-8-10-12-14-16-18-20-22-24-25-26-27-28-29-31-33-35-37-39-41-43-45-51(55)52-49(48-59-60(56,57)58-47-46-53(3,4)5)50(54)44-42-40-38-36-34-32-30-23-21-19-17-15-13-11-9-7-2/h49-50,54H,6-48H2,1-5H3,(H-,52,55,56,57)/t49-,50+/m0/s1. The summed E-state index contributed by atoms with van der Waals surface area (Å²) in [6.07, 6.45) is 49.7. The molecule has 0 spiro atoms. The molecule has 9 heteroatoms. The van der Waals surface area contributed by atoms with Gasteiger partial charge in [-0.15, -0.1) is 0 Å². The van der Waals surface area contributed by atoms with Crippen LogP contribution >= 0.6 is 7.82 Å². The molecule has 8 nitrogen and oxygen atoms in total. The first-order valence-electron chi connectivity index (χ1n) is 26.4. The van der Waals surface area contributed by atoms with Gasteiger partial charge in [0.05, 0.1) is 39.9 Å². The number of phosphoric acid groups is 1. The van der Waals surface area contributed by atoms with E-state index in [4.69, 9.17) is 9.05 Å². The van der Waals surface area contributed by atoms with E-state index in [2.05, 4.69) is 19.2 Å². The lowest BCUT2D eigenvalue weighted by atomic mass is 10.0. The highest BCUT2D eigenvalue weighted by Crippen LogP contribution is 2.38. The molecule has 0 aliphatic carbocycles. The first-order valence-corrected chi connectivity index (χ1v) is 27.8. The van der Waals surface area contributed by atoms with E-state index < -0.39 is 20.0 Å².